The smallest absolute Gasteiger partial charge is 0.333 e. The molecule has 4 nitrogen and oxygen atoms in total. The molecule has 0 saturated carbocycles. The van der Waals surface area contributed by atoms with Crippen molar-refractivity contribution in [1.82, 2.24) is 5.06 Å². The summed E-state index contributed by atoms with van der Waals surface area (Å²) in [6.45, 7) is 20.8. The van der Waals surface area contributed by atoms with E-state index in [9.17, 15) is 4.79 Å². The molecule has 174 valence electrons. The van der Waals surface area contributed by atoms with E-state index in [1.165, 1.54) is 5.56 Å². The van der Waals surface area contributed by atoms with E-state index in [2.05, 4.69) is 84.4 Å². The van der Waals surface area contributed by atoms with Crippen LogP contribution in [0, 0.1) is 5.41 Å². The Labute approximate surface area is 194 Å². The summed E-state index contributed by atoms with van der Waals surface area (Å²) in [6, 6.07) is 18.6. The lowest BCUT2D eigenvalue weighted by molar-refractivity contribution is -0.281. The Balaban J connectivity index is 2.23. The third-order valence-corrected chi connectivity index (χ3v) is 5.27. The fourth-order valence-electron chi connectivity index (χ4n) is 3.62. The van der Waals surface area contributed by atoms with Gasteiger partial charge < -0.3 is 4.74 Å². The molecule has 0 bridgehead atoms. The molecule has 0 aromatic heterocycles. The fourth-order valence-corrected chi connectivity index (χ4v) is 3.62. The molecule has 2 rings (SSSR count). The lowest BCUT2D eigenvalue weighted by Gasteiger charge is -2.47. The Morgan fingerprint density at radius 3 is 1.97 bits per heavy atom. The van der Waals surface area contributed by atoms with E-state index >= 15 is 0 Å². The maximum Gasteiger partial charge on any atom is 0.333 e. The van der Waals surface area contributed by atoms with Crippen LogP contribution in [0.15, 0.2) is 66.7 Å². The summed E-state index contributed by atoms with van der Waals surface area (Å²) >= 11 is 0. The van der Waals surface area contributed by atoms with Gasteiger partial charge in [0.2, 0.25) is 0 Å². The normalized spacial score (nSPS) is 14.2. The van der Waals surface area contributed by atoms with Gasteiger partial charge in [0.25, 0.3) is 0 Å². The number of carbonyl (C=O) groups excluding carboxylic acids is 1. The summed E-state index contributed by atoms with van der Waals surface area (Å²) < 4.78 is 5.24. The standard InChI is InChI=1S/C28H39NO3/c1-20(2)26(30)31-19-22-15-17-23(18-16-22)21(3)32-29(28(7,8)9)25(27(4,5)6)24-13-11-10-12-14-24/h10-18,21,25H,1,19H2,2-9H3. The number of esters is 1. The Hall–Kier alpha value is -2.43. The van der Waals surface area contributed by atoms with Gasteiger partial charge >= 0.3 is 5.97 Å². The number of ether oxygens (including phenoxy) is 1. The molecular formula is C28H39NO3. The van der Waals surface area contributed by atoms with Crippen LogP contribution < -0.4 is 0 Å². The zero-order chi connectivity index (χ0) is 24.1. The molecule has 2 aromatic carbocycles. The van der Waals surface area contributed by atoms with Crippen molar-refractivity contribution < 1.29 is 14.4 Å². The molecule has 0 amide bonds. The number of hydroxylamine groups is 2. The lowest BCUT2D eigenvalue weighted by atomic mass is 9.80. The van der Waals surface area contributed by atoms with Crippen molar-refractivity contribution in [3.63, 3.8) is 0 Å². The third kappa shape index (κ3) is 7.04. The number of benzene rings is 2. The molecule has 2 unspecified atom stereocenters. The van der Waals surface area contributed by atoms with Crippen molar-refractivity contribution in [2.45, 2.75) is 79.7 Å². The number of hydrogen-bond acceptors (Lipinski definition) is 4. The SMILES string of the molecule is C=C(C)C(=O)OCc1ccc(C(C)ON(C(c2ccccc2)C(C)(C)C)C(C)(C)C)cc1. The molecule has 0 N–H and O–H groups in total. The van der Waals surface area contributed by atoms with Crippen LogP contribution in [0.3, 0.4) is 0 Å². The van der Waals surface area contributed by atoms with Crippen LogP contribution >= 0.6 is 0 Å². The first-order valence-corrected chi connectivity index (χ1v) is 11.2. The zero-order valence-electron chi connectivity index (χ0n) is 20.9. The second-order valence-electron chi connectivity index (χ2n) is 10.5. The van der Waals surface area contributed by atoms with Crippen LogP contribution in [0.2, 0.25) is 0 Å². The van der Waals surface area contributed by atoms with Gasteiger partial charge in [0.1, 0.15) is 12.7 Å². The molecule has 0 aliphatic heterocycles. The second-order valence-corrected chi connectivity index (χ2v) is 10.5. The van der Waals surface area contributed by atoms with E-state index in [-0.39, 0.29) is 35.7 Å². The molecule has 32 heavy (non-hydrogen) atoms. The summed E-state index contributed by atoms with van der Waals surface area (Å²) in [6.07, 6.45) is -0.144. The molecule has 0 saturated heterocycles. The first-order valence-electron chi connectivity index (χ1n) is 11.2. The van der Waals surface area contributed by atoms with E-state index < -0.39 is 0 Å². The highest BCUT2D eigenvalue weighted by Gasteiger charge is 2.39. The molecule has 0 spiro atoms. The third-order valence-electron chi connectivity index (χ3n) is 5.27. The van der Waals surface area contributed by atoms with Crippen LogP contribution in [-0.4, -0.2) is 16.6 Å². The number of rotatable bonds is 8. The predicted molar refractivity (Wildman–Crippen MR) is 131 cm³/mol. The van der Waals surface area contributed by atoms with Crippen molar-refractivity contribution in [3.05, 3.63) is 83.4 Å². The molecule has 0 radical (unpaired) electrons. The minimum atomic E-state index is -0.374. The largest absolute Gasteiger partial charge is 0.457 e. The Kier molecular flexibility index (Phi) is 8.44. The lowest BCUT2D eigenvalue weighted by Crippen LogP contribution is -2.48. The Morgan fingerprint density at radius 1 is 0.938 bits per heavy atom. The van der Waals surface area contributed by atoms with Crippen LogP contribution in [-0.2, 0) is 21.0 Å². The first kappa shape index (κ1) is 25.8. The number of nitrogens with zero attached hydrogens (tertiary/aromatic N) is 1. The maximum atomic E-state index is 11.6. The van der Waals surface area contributed by atoms with E-state index in [4.69, 9.17) is 9.57 Å². The number of hydrogen-bond donors (Lipinski definition) is 0. The highest BCUT2D eigenvalue weighted by atomic mass is 16.7. The van der Waals surface area contributed by atoms with Gasteiger partial charge in [-0.2, -0.15) is 5.06 Å². The molecule has 0 aliphatic rings. The molecular weight excluding hydrogens is 398 g/mol. The van der Waals surface area contributed by atoms with Crippen molar-refractivity contribution in [3.8, 4) is 0 Å². The van der Waals surface area contributed by atoms with Crippen LogP contribution in [0.1, 0.15) is 84.2 Å². The zero-order valence-corrected chi connectivity index (χ0v) is 20.9. The summed E-state index contributed by atoms with van der Waals surface area (Å²) in [5, 5.41) is 2.15. The first-order chi connectivity index (χ1) is 14.8. The second kappa shape index (κ2) is 10.5. The van der Waals surface area contributed by atoms with Gasteiger partial charge in [0, 0.05) is 11.1 Å². The van der Waals surface area contributed by atoms with Gasteiger partial charge in [-0.05, 0) is 56.7 Å². The van der Waals surface area contributed by atoms with Gasteiger partial charge in [-0.15, -0.1) is 0 Å². The van der Waals surface area contributed by atoms with Gasteiger partial charge in [-0.3, -0.25) is 4.84 Å². The quantitative estimate of drug-likeness (QED) is 0.249. The molecule has 2 atom stereocenters. The molecule has 2 aromatic rings. The number of carbonyl (C=O) groups is 1. The summed E-state index contributed by atoms with van der Waals surface area (Å²) in [5.74, 6) is -0.374. The fraction of sp³-hybridized carbons (Fsp3) is 0.464. The summed E-state index contributed by atoms with van der Waals surface area (Å²) in [5.41, 5.74) is 3.38. The highest BCUT2D eigenvalue weighted by Crippen LogP contribution is 2.43. The van der Waals surface area contributed by atoms with Crippen molar-refractivity contribution in [2.75, 3.05) is 0 Å². The maximum absolute atomic E-state index is 11.6. The topological polar surface area (TPSA) is 38.8 Å². The van der Waals surface area contributed by atoms with Crippen molar-refractivity contribution in [2.24, 2.45) is 5.41 Å². The van der Waals surface area contributed by atoms with Gasteiger partial charge in [0.15, 0.2) is 0 Å². The average Bonchev–Trinajstić information content (AvgIpc) is 2.70. The molecule has 0 aliphatic carbocycles. The van der Waals surface area contributed by atoms with Crippen LogP contribution in [0.25, 0.3) is 0 Å². The van der Waals surface area contributed by atoms with Crippen molar-refractivity contribution >= 4 is 5.97 Å². The van der Waals surface area contributed by atoms with Crippen LogP contribution in [0.5, 0.6) is 0 Å². The molecule has 4 heteroatoms. The monoisotopic (exact) mass is 437 g/mol. The van der Waals surface area contributed by atoms with Crippen LogP contribution in [0.4, 0.5) is 0 Å². The Bertz CT molecular complexity index is 889. The highest BCUT2D eigenvalue weighted by molar-refractivity contribution is 5.86. The predicted octanol–water partition coefficient (Wildman–Crippen LogP) is 7.19. The minimum Gasteiger partial charge on any atom is -0.457 e. The van der Waals surface area contributed by atoms with E-state index in [0.717, 1.165) is 11.1 Å². The van der Waals surface area contributed by atoms with E-state index in [1.807, 2.05) is 30.3 Å². The van der Waals surface area contributed by atoms with Crippen molar-refractivity contribution in [1.29, 1.82) is 0 Å². The van der Waals surface area contributed by atoms with E-state index in [1.54, 1.807) is 6.92 Å². The van der Waals surface area contributed by atoms with Gasteiger partial charge in [0.05, 0.1) is 6.04 Å². The minimum absolute atomic E-state index is 0.0363. The van der Waals surface area contributed by atoms with Gasteiger partial charge in [-0.25, -0.2) is 4.79 Å². The Morgan fingerprint density at radius 2 is 1.50 bits per heavy atom. The van der Waals surface area contributed by atoms with Gasteiger partial charge in [-0.1, -0.05) is 81.9 Å². The van der Waals surface area contributed by atoms with E-state index in [0.29, 0.717) is 5.57 Å². The molecule has 0 fully saturated rings. The summed E-state index contributed by atoms with van der Waals surface area (Å²) in [4.78, 5) is 18.3. The summed E-state index contributed by atoms with van der Waals surface area (Å²) in [7, 11) is 0. The average molecular weight is 438 g/mol. The molecule has 0 heterocycles.